The van der Waals surface area contributed by atoms with Crippen molar-refractivity contribution in [3.05, 3.63) is 191 Å². The van der Waals surface area contributed by atoms with E-state index >= 15 is 0 Å². The number of benzene rings is 6. The Labute approximate surface area is 265 Å². The van der Waals surface area contributed by atoms with Gasteiger partial charge < -0.3 is 4.90 Å². The lowest BCUT2D eigenvalue weighted by Crippen LogP contribution is -2.37. The average molecular weight is 579 g/mol. The van der Waals surface area contributed by atoms with Gasteiger partial charge in [0.05, 0.1) is 22.5 Å². The third-order valence-electron chi connectivity index (χ3n) is 9.48. The number of aryl methyl sites for hydroxylation is 3. The fourth-order valence-electron chi connectivity index (χ4n) is 7.26. The van der Waals surface area contributed by atoms with Gasteiger partial charge in [-0.1, -0.05) is 126 Å². The zero-order valence-electron chi connectivity index (χ0n) is 25.8. The van der Waals surface area contributed by atoms with E-state index in [9.17, 15) is 0 Å². The van der Waals surface area contributed by atoms with E-state index in [0.29, 0.717) is 0 Å². The van der Waals surface area contributed by atoms with Crippen LogP contribution in [0.4, 0.5) is 17.1 Å². The van der Waals surface area contributed by atoms with E-state index in [2.05, 4.69) is 171 Å². The lowest BCUT2D eigenvalue weighted by atomic mass is 9.62. The number of hydrogen-bond donors (Lipinski definition) is 0. The standard InChI is InChI=1S/C43H34N2/c1-29-16-21-33(22-17-29)43(34-23-18-30(2)19-24-34)38-12-6-8-14-40(38)45(41-15-9-7-13-39(41)43)35-25-20-31(3)37(28-35)42-36-11-5-4-10-32(36)26-27-44-42/h4-28H,1-3H3. The number of aromatic nitrogens is 1. The van der Waals surface area contributed by atoms with E-state index in [1.54, 1.807) is 0 Å². The summed E-state index contributed by atoms with van der Waals surface area (Å²) in [6.07, 6.45) is 1.92. The molecule has 6 aromatic carbocycles. The van der Waals surface area contributed by atoms with E-state index in [-0.39, 0.29) is 0 Å². The molecular formula is C43H34N2. The average Bonchev–Trinajstić information content (AvgIpc) is 3.08. The van der Waals surface area contributed by atoms with E-state index in [1.165, 1.54) is 55.7 Å². The summed E-state index contributed by atoms with van der Waals surface area (Å²) in [6, 6.07) is 53.5. The molecule has 2 heterocycles. The first-order valence-corrected chi connectivity index (χ1v) is 15.6. The van der Waals surface area contributed by atoms with Crippen molar-refractivity contribution in [2.24, 2.45) is 0 Å². The summed E-state index contributed by atoms with van der Waals surface area (Å²) in [6.45, 7) is 6.50. The summed E-state index contributed by atoms with van der Waals surface area (Å²) in [5, 5.41) is 2.36. The molecule has 0 atom stereocenters. The number of anilines is 3. The predicted octanol–water partition coefficient (Wildman–Crippen LogP) is 11.0. The Morgan fingerprint density at radius 3 is 1.71 bits per heavy atom. The highest BCUT2D eigenvalue weighted by molar-refractivity contribution is 5.97. The SMILES string of the molecule is Cc1ccc(C2(c3ccc(C)cc3)c3ccccc3N(c3ccc(C)c(-c4nccc5ccccc45)c3)c3ccccc32)cc1. The topological polar surface area (TPSA) is 16.1 Å². The van der Waals surface area contributed by atoms with Gasteiger partial charge in [-0.15, -0.1) is 0 Å². The summed E-state index contributed by atoms with van der Waals surface area (Å²) in [5.74, 6) is 0. The molecule has 0 amide bonds. The van der Waals surface area contributed by atoms with Crippen molar-refractivity contribution in [3.63, 3.8) is 0 Å². The first-order valence-electron chi connectivity index (χ1n) is 15.6. The van der Waals surface area contributed by atoms with Gasteiger partial charge in [-0.3, -0.25) is 4.98 Å². The molecule has 0 aliphatic carbocycles. The van der Waals surface area contributed by atoms with Crippen LogP contribution in [0.5, 0.6) is 0 Å². The molecule has 0 saturated heterocycles. The largest absolute Gasteiger partial charge is 0.310 e. The van der Waals surface area contributed by atoms with Crippen LogP contribution in [-0.4, -0.2) is 4.98 Å². The predicted molar refractivity (Wildman–Crippen MR) is 188 cm³/mol. The molecule has 216 valence electrons. The summed E-state index contributed by atoms with van der Waals surface area (Å²) >= 11 is 0. The van der Waals surface area contributed by atoms with Gasteiger partial charge in [-0.2, -0.15) is 0 Å². The van der Waals surface area contributed by atoms with Crippen molar-refractivity contribution in [1.29, 1.82) is 0 Å². The van der Waals surface area contributed by atoms with Gasteiger partial charge in [-0.05, 0) is 84.3 Å². The molecule has 0 unspecified atom stereocenters. The van der Waals surface area contributed by atoms with Crippen molar-refractivity contribution >= 4 is 27.8 Å². The Kier molecular flexibility index (Phi) is 6.39. The van der Waals surface area contributed by atoms with Crippen LogP contribution >= 0.6 is 0 Å². The molecule has 0 N–H and O–H groups in total. The zero-order valence-corrected chi connectivity index (χ0v) is 25.8. The van der Waals surface area contributed by atoms with Crippen LogP contribution in [-0.2, 0) is 5.41 Å². The minimum absolute atomic E-state index is 0.490. The Morgan fingerprint density at radius 2 is 1.09 bits per heavy atom. The smallest absolute Gasteiger partial charge is 0.0783 e. The molecule has 0 fully saturated rings. The molecular weight excluding hydrogens is 544 g/mol. The second-order valence-corrected chi connectivity index (χ2v) is 12.2. The maximum atomic E-state index is 4.91. The van der Waals surface area contributed by atoms with Gasteiger partial charge in [-0.25, -0.2) is 0 Å². The molecule has 1 aliphatic heterocycles. The fourth-order valence-corrected chi connectivity index (χ4v) is 7.26. The number of para-hydroxylation sites is 2. The maximum Gasteiger partial charge on any atom is 0.0783 e. The van der Waals surface area contributed by atoms with Crippen molar-refractivity contribution in [2.45, 2.75) is 26.2 Å². The molecule has 8 rings (SSSR count). The second-order valence-electron chi connectivity index (χ2n) is 12.2. The molecule has 45 heavy (non-hydrogen) atoms. The summed E-state index contributed by atoms with van der Waals surface area (Å²) in [7, 11) is 0. The highest BCUT2D eigenvalue weighted by Crippen LogP contribution is 2.57. The zero-order chi connectivity index (χ0) is 30.5. The Balaban J connectivity index is 1.42. The van der Waals surface area contributed by atoms with E-state index < -0.39 is 5.41 Å². The number of pyridine rings is 1. The number of fused-ring (bicyclic) bond motifs is 3. The minimum Gasteiger partial charge on any atom is -0.310 e. The van der Waals surface area contributed by atoms with Crippen LogP contribution in [0, 0.1) is 20.8 Å². The van der Waals surface area contributed by atoms with Gasteiger partial charge in [0.2, 0.25) is 0 Å². The Bertz CT molecular complexity index is 2090. The van der Waals surface area contributed by atoms with Crippen LogP contribution < -0.4 is 4.90 Å². The lowest BCUT2D eigenvalue weighted by Gasteiger charge is -2.46. The van der Waals surface area contributed by atoms with Crippen LogP contribution in [0.25, 0.3) is 22.0 Å². The highest BCUT2D eigenvalue weighted by atomic mass is 15.2. The molecule has 1 aliphatic rings. The number of nitrogens with zero attached hydrogens (tertiary/aromatic N) is 2. The molecule has 2 nitrogen and oxygen atoms in total. The molecule has 1 aromatic heterocycles. The lowest BCUT2D eigenvalue weighted by molar-refractivity contribution is 0.730. The third-order valence-corrected chi connectivity index (χ3v) is 9.48. The van der Waals surface area contributed by atoms with E-state index in [1.807, 2.05) is 6.20 Å². The van der Waals surface area contributed by atoms with Crippen LogP contribution in [0.3, 0.4) is 0 Å². The Hall–Kier alpha value is -5.47. The van der Waals surface area contributed by atoms with Gasteiger partial charge in [0.25, 0.3) is 0 Å². The van der Waals surface area contributed by atoms with Gasteiger partial charge in [0, 0.05) is 22.8 Å². The molecule has 7 aromatic rings. The highest BCUT2D eigenvalue weighted by Gasteiger charge is 2.46. The fraction of sp³-hybridized carbons (Fsp3) is 0.0930. The number of rotatable bonds is 4. The van der Waals surface area contributed by atoms with E-state index in [4.69, 9.17) is 4.98 Å². The molecule has 2 heteroatoms. The number of hydrogen-bond acceptors (Lipinski definition) is 2. The van der Waals surface area contributed by atoms with Crippen molar-refractivity contribution in [3.8, 4) is 11.3 Å². The summed E-state index contributed by atoms with van der Waals surface area (Å²) in [4.78, 5) is 7.35. The summed E-state index contributed by atoms with van der Waals surface area (Å²) < 4.78 is 0. The molecule has 0 radical (unpaired) electrons. The van der Waals surface area contributed by atoms with Crippen molar-refractivity contribution in [2.75, 3.05) is 4.90 Å². The summed E-state index contributed by atoms with van der Waals surface area (Å²) in [5.41, 5.74) is 13.9. The van der Waals surface area contributed by atoms with Gasteiger partial charge in [0.1, 0.15) is 0 Å². The second kappa shape index (κ2) is 10.6. The van der Waals surface area contributed by atoms with E-state index in [0.717, 1.165) is 22.3 Å². The van der Waals surface area contributed by atoms with Crippen LogP contribution in [0.2, 0.25) is 0 Å². The molecule has 0 saturated carbocycles. The maximum absolute atomic E-state index is 4.91. The normalized spacial score (nSPS) is 13.4. The van der Waals surface area contributed by atoms with Crippen molar-refractivity contribution in [1.82, 2.24) is 4.98 Å². The van der Waals surface area contributed by atoms with Gasteiger partial charge in [0.15, 0.2) is 0 Å². The van der Waals surface area contributed by atoms with Gasteiger partial charge >= 0.3 is 0 Å². The molecule has 0 spiro atoms. The first kappa shape index (κ1) is 27.1. The Morgan fingerprint density at radius 1 is 0.533 bits per heavy atom. The quantitative estimate of drug-likeness (QED) is 0.206. The molecule has 0 bridgehead atoms. The first-order chi connectivity index (χ1) is 22.1. The van der Waals surface area contributed by atoms with Crippen LogP contribution in [0.15, 0.2) is 152 Å². The third kappa shape index (κ3) is 4.21. The monoisotopic (exact) mass is 578 g/mol. The minimum atomic E-state index is -0.490. The van der Waals surface area contributed by atoms with Crippen molar-refractivity contribution < 1.29 is 0 Å². The van der Waals surface area contributed by atoms with Crippen LogP contribution in [0.1, 0.15) is 38.9 Å².